The van der Waals surface area contributed by atoms with Gasteiger partial charge in [-0.25, -0.2) is 0 Å². The van der Waals surface area contributed by atoms with Crippen molar-refractivity contribution in [3.63, 3.8) is 0 Å². The molecule has 242 valence electrons. The lowest BCUT2D eigenvalue weighted by atomic mass is 9.98. The van der Waals surface area contributed by atoms with Crippen molar-refractivity contribution in [1.82, 2.24) is 13.7 Å². The third kappa shape index (κ3) is 5.71. The van der Waals surface area contributed by atoms with Crippen molar-refractivity contribution < 1.29 is 0 Å². The highest BCUT2D eigenvalue weighted by atomic mass is 15.0. The summed E-state index contributed by atoms with van der Waals surface area (Å²) < 4.78 is 7.45. The van der Waals surface area contributed by atoms with Gasteiger partial charge in [-0.2, -0.15) is 0 Å². The van der Waals surface area contributed by atoms with E-state index in [1.54, 1.807) is 0 Å². The fourth-order valence-electron chi connectivity index (χ4n) is 7.89. The molecule has 3 heteroatoms. The molecular formula is C47H39N3. The molecule has 0 N–H and O–H groups in total. The molecule has 9 aromatic rings. The Balaban J connectivity index is 1.20. The predicted molar refractivity (Wildman–Crippen MR) is 208 cm³/mol. The maximum atomic E-state index is 2.59. The van der Waals surface area contributed by atoms with Crippen LogP contribution in [0.2, 0.25) is 0 Å². The van der Waals surface area contributed by atoms with E-state index in [-0.39, 0.29) is 0 Å². The Bertz CT molecular complexity index is 2550. The molecule has 0 unspecified atom stereocenters. The van der Waals surface area contributed by atoms with Crippen molar-refractivity contribution in [2.75, 3.05) is 0 Å². The number of hydrogen-bond acceptors (Lipinski definition) is 0. The van der Waals surface area contributed by atoms with Gasteiger partial charge >= 0.3 is 0 Å². The molecule has 0 fully saturated rings. The number of benzene rings is 6. The summed E-state index contributed by atoms with van der Waals surface area (Å²) in [5.74, 6) is 0. The van der Waals surface area contributed by atoms with E-state index >= 15 is 0 Å². The first-order valence-corrected chi connectivity index (χ1v) is 17.6. The molecule has 3 aromatic heterocycles. The largest absolute Gasteiger partial charge is 0.343 e. The summed E-state index contributed by atoms with van der Waals surface area (Å²) in [7, 11) is 0. The third-order valence-corrected chi connectivity index (χ3v) is 10.2. The van der Waals surface area contributed by atoms with E-state index in [0.29, 0.717) is 0 Å². The van der Waals surface area contributed by atoms with E-state index < -0.39 is 0 Å². The van der Waals surface area contributed by atoms with Crippen LogP contribution in [0.25, 0.3) is 32.7 Å². The van der Waals surface area contributed by atoms with Crippen LogP contribution in [0.15, 0.2) is 176 Å². The van der Waals surface area contributed by atoms with Crippen LogP contribution in [0.5, 0.6) is 0 Å². The van der Waals surface area contributed by atoms with Gasteiger partial charge in [0.1, 0.15) is 0 Å². The van der Waals surface area contributed by atoms with Gasteiger partial charge in [-0.1, -0.05) is 146 Å². The number of para-hydroxylation sites is 3. The fraction of sp³-hybridized carbons (Fsp3) is 0.106. The van der Waals surface area contributed by atoms with Gasteiger partial charge in [0.25, 0.3) is 0 Å². The van der Waals surface area contributed by atoms with Gasteiger partial charge in [-0.15, -0.1) is 0 Å². The molecule has 0 atom stereocenters. The number of rotatable bonds is 10. The molecule has 3 heterocycles. The molecule has 9 rings (SSSR count). The third-order valence-electron chi connectivity index (χ3n) is 10.2. The van der Waals surface area contributed by atoms with Gasteiger partial charge in [0.2, 0.25) is 0 Å². The van der Waals surface area contributed by atoms with Crippen LogP contribution in [-0.2, 0) is 32.5 Å². The normalized spacial score (nSPS) is 11.6. The minimum absolute atomic E-state index is 0.828. The molecule has 3 nitrogen and oxygen atoms in total. The lowest BCUT2D eigenvalue weighted by molar-refractivity contribution is 0.773. The Morgan fingerprint density at radius 1 is 0.340 bits per heavy atom. The second-order valence-electron chi connectivity index (χ2n) is 13.4. The molecule has 50 heavy (non-hydrogen) atoms. The zero-order chi connectivity index (χ0) is 33.3. The van der Waals surface area contributed by atoms with Gasteiger partial charge in [0.05, 0.1) is 0 Å². The van der Waals surface area contributed by atoms with E-state index in [1.807, 2.05) is 0 Å². The van der Waals surface area contributed by atoms with Crippen molar-refractivity contribution in [3.8, 4) is 0 Å². The number of fused-ring (bicyclic) bond motifs is 3. The van der Waals surface area contributed by atoms with Crippen LogP contribution in [0.3, 0.4) is 0 Å². The molecule has 0 bridgehead atoms. The minimum atomic E-state index is 0.828. The average Bonchev–Trinajstić information content (AvgIpc) is 3.79. The average molecular weight is 646 g/mol. The van der Waals surface area contributed by atoms with Crippen molar-refractivity contribution in [3.05, 3.63) is 215 Å². The molecule has 0 aliphatic carbocycles. The zero-order valence-corrected chi connectivity index (χ0v) is 28.1. The van der Waals surface area contributed by atoms with Gasteiger partial charge in [0.15, 0.2) is 0 Å². The molecule has 0 aliphatic rings. The summed E-state index contributed by atoms with van der Waals surface area (Å²) in [5.41, 5.74) is 13.3. The Labute approximate surface area is 293 Å². The summed E-state index contributed by atoms with van der Waals surface area (Å²) in [5, 5.41) is 3.99. The minimum Gasteiger partial charge on any atom is -0.343 e. The first-order valence-electron chi connectivity index (χ1n) is 17.6. The first-order chi connectivity index (χ1) is 24.8. The standard InChI is InChI=1S/C47H39N3/c1-4-16-35(17-5-1)30-48-33-38(40-22-10-13-25-44(40)48)28-43-42-24-12-15-27-46(42)50(32-37-20-8-3-9-21-37)47(43)29-39-34-49(31-36-18-6-2-7-19-36)45-26-14-11-23-41(39)45/h1-27,33-34H,28-32H2. The monoisotopic (exact) mass is 645 g/mol. The lowest BCUT2D eigenvalue weighted by Crippen LogP contribution is -2.07. The van der Waals surface area contributed by atoms with Crippen molar-refractivity contribution >= 4 is 32.7 Å². The Morgan fingerprint density at radius 2 is 0.740 bits per heavy atom. The van der Waals surface area contributed by atoms with Crippen molar-refractivity contribution in [2.24, 2.45) is 0 Å². The van der Waals surface area contributed by atoms with Gasteiger partial charge in [-0.05, 0) is 51.6 Å². The summed E-state index contributed by atoms with van der Waals surface area (Å²) in [6, 6.07) is 59.4. The number of nitrogens with zero attached hydrogens (tertiary/aromatic N) is 3. The van der Waals surface area contributed by atoms with Gasteiger partial charge < -0.3 is 13.7 Å². The molecular weight excluding hydrogens is 607 g/mol. The molecule has 0 spiro atoms. The molecule has 0 saturated carbocycles. The quantitative estimate of drug-likeness (QED) is 0.141. The topological polar surface area (TPSA) is 14.8 Å². The highest BCUT2D eigenvalue weighted by molar-refractivity contribution is 5.90. The summed E-state index contributed by atoms with van der Waals surface area (Å²) in [6.45, 7) is 2.53. The van der Waals surface area contributed by atoms with Gasteiger partial charge in [-0.3, -0.25) is 0 Å². The van der Waals surface area contributed by atoms with Crippen LogP contribution in [0, 0.1) is 0 Å². The Kier molecular flexibility index (Phi) is 7.87. The van der Waals surface area contributed by atoms with Crippen LogP contribution in [-0.4, -0.2) is 13.7 Å². The molecule has 0 amide bonds. The van der Waals surface area contributed by atoms with E-state index in [4.69, 9.17) is 0 Å². The van der Waals surface area contributed by atoms with Crippen LogP contribution < -0.4 is 0 Å². The number of hydrogen-bond donors (Lipinski definition) is 0. The Hall–Kier alpha value is -6.06. The van der Waals surface area contributed by atoms with Crippen LogP contribution >= 0.6 is 0 Å². The molecule has 6 aromatic carbocycles. The van der Waals surface area contributed by atoms with E-state index in [2.05, 4.69) is 190 Å². The van der Waals surface area contributed by atoms with Crippen molar-refractivity contribution in [2.45, 2.75) is 32.5 Å². The first kappa shape index (κ1) is 30.0. The summed E-state index contributed by atoms with van der Waals surface area (Å²) >= 11 is 0. The fourth-order valence-corrected chi connectivity index (χ4v) is 7.89. The highest BCUT2D eigenvalue weighted by Gasteiger charge is 2.22. The maximum Gasteiger partial charge on any atom is 0.0488 e. The van der Waals surface area contributed by atoms with E-state index in [1.165, 1.54) is 71.8 Å². The molecule has 0 aliphatic heterocycles. The summed E-state index contributed by atoms with van der Waals surface area (Å²) in [4.78, 5) is 0. The van der Waals surface area contributed by atoms with E-state index in [9.17, 15) is 0 Å². The SMILES string of the molecule is c1ccc(Cn2cc(Cc3c(Cc4cn(Cc5ccccc5)c5ccccc45)n(Cc4ccccc4)c4ccccc34)c3ccccc32)cc1. The summed E-state index contributed by atoms with van der Waals surface area (Å²) in [6.07, 6.45) is 6.51. The second-order valence-corrected chi connectivity index (χ2v) is 13.4. The molecule has 0 saturated heterocycles. The van der Waals surface area contributed by atoms with Gasteiger partial charge in [0, 0.05) is 83.3 Å². The van der Waals surface area contributed by atoms with Crippen LogP contribution in [0.4, 0.5) is 0 Å². The smallest absolute Gasteiger partial charge is 0.0488 e. The zero-order valence-electron chi connectivity index (χ0n) is 28.1. The van der Waals surface area contributed by atoms with E-state index in [0.717, 1.165) is 32.5 Å². The highest BCUT2D eigenvalue weighted by Crippen LogP contribution is 2.35. The van der Waals surface area contributed by atoms with Crippen LogP contribution in [0.1, 0.15) is 39.1 Å². The Morgan fingerprint density at radius 3 is 1.26 bits per heavy atom. The predicted octanol–water partition coefficient (Wildman–Crippen LogP) is 10.9. The number of aromatic nitrogens is 3. The molecule has 0 radical (unpaired) electrons. The second kappa shape index (κ2) is 13.1. The van der Waals surface area contributed by atoms with Crippen molar-refractivity contribution in [1.29, 1.82) is 0 Å². The maximum absolute atomic E-state index is 2.59. The lowest BCUT2D eigenvalue weighted by Gasteiger charge is -2.13.